The van der Waals surface area contributed by atoms with Gasteiger partial charge in [0.2, 0.25) is 5.89 Å². The van der Waals surface area contributed by atoms with Crippen LogP contribution in [0.1, 0.15) is 41.3 Å². The van der Waals surface area contributed by atoms with Gasteiger partial charge >= 0.3 is 12.1 Å². The number of rotatable bonds is 11. The van der Waals surface area contributed by atoms with Crippen LogP contribution in [0.3, 0.4) is 0 Å². The molecule has 0 saturated heterocycles. The average Bonchev–Trinajstić information content (AvgIpc) is 3.72. The van der Waals surface area contributed by atoms with E-state index < -0.39 is 18.6 Å². The van der Waals surface area contributed by atoms with Crippen molar-refractivity contribution >= 4 is 12.1 Å². The number of nitrogens with zero attached hydrogens (tertiary/aromatic N) is 2. The van der Waals surface area contributed by atoms with Crippen LogP contribution in [0.5, 0.6) is 11.5 Å². The maximum atomic E-state index is 12.9. The minimum atomic E-state index is -1.12. The van der Waals surface area contributed by atoms with E-state index >= 15 is 0 Å². The SMILES string of the molecule is Cc1oc(-c2ccccc2)nc1CCOc1cccc(CN(CC(=O)O)C(=O)Oc2cccc(C3CC3)c2)c1. The Balaban J connectivity index is 1.19. The molecule has 0 unspecified atom stereocenters. The van der Waals surface area contributed by atoms with E-state index in [9.17, 15) is 14.7 Å². The van der Waals surface area contributed by atoms with Crippen LogP contribution in [0, 0.1) is 6.92 Å². The van der Waals surface area contributed by atoms with Crippen molar-refractivity contribution in [1.82, 2.24) is 9.88 Å². The lowest BCUT2D eigenvalue weighted by Gasteiger charge is -2.20. The zero-order chi connectivity index (χ0) is 27.2. The Hall–Kier alpha value is -4.59. The van der Waals surface area contributed by atoms with Gasteiger partial charge in [0, 0.05) is 18.5 Å². The summed E-state index contributed by atoms with van der Waals surface area (Å²) in [4.78, 5) is 30.1. The molecule has 1 amide bonds. The molecule has 8 heteroatoms. The van der Waals surface area contributed by atoms with E-state index in [-0.39, 0.29) is 6.54 Å². The number of carboxylic acids is 1. The molecule has 200 valence electrons. The zero-order valence-electron chi connectivity index (χ0n) is 21.7. The number of carbonyl (C=O) groups is 2. The van der Waals surface area contributed by atoms with Crippen molar-refractivity contribution in [3.63, 3.8) is 0 Å². The number of amides is 1. The molecule has 1 aliphatic rings. The molecule has 5 rings (SSSR count). The van der Waals surface area contributed by atoms with Crippen molar-refractivity contribution < 1.29 is 28.6 Å². The van der Waals surface area contributed by atoms with Crippen LogP contribution >= 0.6 is 0 Å². The smallest absolute Gasteiger partial charge is 0.416 e. The van der Waals surface area contributed by atoms with Crippen LogP contribution in [0.2, 0.25) is 0 Å². The monoisotopic (exact) mass is 526 g/mol. The van der Waals surface area contributed by atoms with Gasteiger partial charge in [-0.1, -0.05) is 42.5 Å². The van der Waals surface area contributed by atoms with Gasteiger partial charge in [-0.3, -0.25) is 9.69 Å². The molecule has 1 saturated carbocycles. The summed E-state index contributed by atoms with van der Waals surface area (Å²) in [5, 5.41) is 9.39. The molecule has 1 fully saturated rings. The summed E-state index contributed by atoms with van der Waals surface area (Å²) in [7, 11) is 0. The van der Waals surface area contributed by atoms with E-state index in [0.717, 1.165) is 45.9 Å². The molecule has 39 heavy (non-hydrogen) atoms. The molecular formula is C31H30N2O6. The first-order valence-electron chi connectivity index (χ1n) is 13.0. The maximum absolute atomic E-state index is 12.9. The van der Waals surface area contributed by atoms with E-state index in [1.54, 1.807) is 12.1 Å². The van der Waals surface area contributed by atoms with E-state index in [1.165, 1.54) is 0 Å². The van der Waals surface area contributed by atoms with Gasteiger partial charge in [-0.05, 0) is 73.2 Å². The Morgan fingerprint density at radius 2 is 1.77 bits per heavy atom. The standard InChI is InChI=1S/C31H30N2O6/c1-21-28(32-30(38-21)24-8-3-2-4-9-24)15-16-37-26-11-5-7-22(17-26)19-33(20-29(34)35)31(36)39-27-12-6-10-25(18-27)23-13-14-23/h2-12,17-18,23H,13-16,19-20H2,1H3,(H,34,35). The number of oxazole rings is 1. The quantitative estimate of drug-likeness (QED) is 0.247. The Bertz CT molecular complexity index is 1440. The predicted octanol–water partition coefficient (Wildman–Crippen LogP) is 6.23. The van der Waals surface area contributed by atoms with Crippen molar-refractivity contribution in [2.24, 2.45) is 0 Å². The number of ether oxygens (including phenoxy) is 2. The largest absolute Gasteiger partial charge is 0.493 e. The number of hydrogen-bond acceptors (Lipinski definition) is 6. The number of aliphatic carboxylic acids is 1. The topological polar surface area (TPSA) is 102 Å². The van der Waals surface area contributed by atoms with E-state index in [1.807, 2.05) is 73.7 Å². The minimum absolute atomic E-state index is 0.0630. The highest BCUT2D eigenvalue weighted by Crippen LogP contribution is 2.41. The molecule has 0 aliphatic heterocycles. The van der Waals surface area contributed by atoms with Crippen LogP contribution in [0.15, 0.2) is 83.3 Å². The molecule has 0 bridgehead atoms. The lowest BCUT2D eigenvalue weighted by atomic mass is 10.1. The van der Waals surface area contributed by atoms with Crippen LogP contribution in [-0.2, 0) is 17.8 Å². The molecule has 3 aromatic carbocycles. The summed E-state index contributed by atoms with van der Waals surface area (Å²) in [6, 6.07) is 24.4. The predicted molar refractivity (Wildman–Crippen MR) is 145 cm³/mol. The summed E-state index contributed by atoms with van der Waals surface area (Å²) in [5.41, 5.74) is 3.60. The Kier molecular flexibility index (Phi) is 7.91. The fourth-order valence-corrected chi connectivity index (χ4v) is 4.35. The average molecular weight is 527 g/mol. The number of aryl methyl sites for hydroxylation is 1. The summed E-state index contributed by atoms with van der Waals surface area (Å²) < 4.78 is 17.3. The fourth-order valence-electron chi connectivity index (χ4n) is 4.35. The number of hydrogen-bond donors (Lipinski definition) is 1. The number of carboxylic acid groups (broad SMARTS) is 1. The molecule has 0 radical (unpaired) electrons. The van der Waals surface area contributed by atoms with Gasteiger partial charge in [0.15, 0.2) is 0 Å². The van der Waals surface area contributed by atoms with Crippen molar-refractivity contribution in [2.45, 2.75) is 38.6 Å². The highest BCUT2D eigenvalue weighted by atomic mass is 16.6. The first kappa shape index (κ1) is 26.0. The molecule has 8 nitrogen and oxygen atoms in total. The van der Waals surface area contributed by atoms with Crippen LogP contribution in [0.4, 0.5) is 4.79 Å². The lowest BCUT2D eigenvalue weighted by Crippen LogP contribution is -2.37. The summed E-state index contributed by atoms with van der Waals surface area (Å²) in [5.74, 6) is 1.74. The van der Waals surface area contributed by atoms with Crippen molar-refractivity contribution in [3.05, 3.63) is 101 Å². The normalized spacial score (nSPS) is 12.6. The Morgan fingerprint density at radius 3 is 2.54 bits per heavy atom. The molecule has 0 atom stereocenters. The second kappa shape index (κ2) is 11.9. The first-order chi connectivity index (χ1) is 18.9. The highest BCUT2D eigenvalue weighted by Gasteiger charge is 2.25. The van der Waals surface area contributed by atoms with Crippen LogP contribution in [0.25, 0.3) is 11.5 Å². The Labute approximate surface area is 226 Å². The van der Waals surface area contributed by atoms with Gasteiger partial charge in [0.05, 0.1) is 12.3 Å². The van der Waals surface area contributed by atoms with Crippen molar-refractivity contribution in [1.29, 1.82) is 0 Å². The number of benzene rings is 3. The first-order valence-corrected chi connectivity index (χ1v) is 13.0. The van der Waals surface area contributed by atoms with E-state index in [0.29, 0.717) is 36.3 Å². The van der Waals surface area contributed by atoms with Crippen LogP contribution < -0.4 is 9.47 Å². The van der Waals surface area contributed by atoms with Gasteiger partial charge in [0.1, 0.15) is 23.8 Å². The Morgan fingerprint density at radius 1 is 1.00 bits per heavy atom. The van der Waals surface area contributed by atoms with Crippen molar-refractivity contribution in [3.8, 4) is 23.0 Å². The summed E-state index contributed by atoms with van der Waals surface area (Å²) >= 11 is 0. The zero-order valence-corrected chi connectivity index (χ0v) is 21.7. The van der Waals surface area contributed by atoms with Crippen LogP contribution in [-0.4, -0.2) is 40.2 Å². The maximum Gasteiger partial charge on any atom is 0.416 e. The molecule has 1 N–H and O–H groups in total. The van der Waals surface area contributed by atoms with E-state index in [4.69, 9.17) is 13.9 Å². The fraction of sp³-hybridized carbons (Fsp3) is 0.258. The lowest BCUT2D eigenvalue weighted by molar-refractivity contribution is -0.138. The third-order valence-corrected chi connectivity index (χ3v) is 6.49. The molecule has 1 heterocycles. The number of aromatic nitrogens is 1. The third kappa shape index (κ3) is 7.04. The number of carbonyl (C=O) groups excluding carboxylic acids is 1. The second-order valence-corrected chi connectivity index (χ2v) is 9.60. The second-order valence-electron chi connectivity index (χ2n) is 9.60. The molecule has 1 aliphatic carbocycles. The molecule has 1 aromatic heterocycles. The summed E-state index contributed by atoms with van der Waals surface area (Å²) in [6.07, 6.45) is 2.11. The van der Waals surface area contributed by atoms with Gasteiger partial charge in [0.25, 0.3) is 0 Å². The highest BCUT2D eigenvalue weighted by molar-refractivity contribution is 5.78. The molecule has 0 spiro atoms. The molecular weight excluding hydrogens is 496 g/mol. The molecule has 4 aromatic rings. The van der Waals surface area contributed by atoms with E-state index in [2.05, 4.69) is 4.98 Å². The van der Waals surface area contributed by atoms with Gasteiger partial charge in [-0.25, -0.2) is 9.78 Å². The van der Waals surface area contributed by atoms with Gasteiger partial charge in [-0.15, -0.1) is 0 Å². The minimum Gasteiger partial charge on any atom is -0.493 e. The van der Waals surface area contributed by atoms with Crippen molar-refractivity contribution in [2.75, 3.05) is 13.2 Å². The van der Waals surface area contributed by atoms with Gasteiger partial charge in [-0.2, -0.15) is 0 Å². The third-order valence-electron chi connectivity index (χ3n) is 6.49. The summed E-state index contributed by atoms with van der Waals surface area (Å²) in [6.45, 7) is 1.84. The van der Waals surface area contributed by atoms with Gasteiger partial charge < -0.3 is 19.0 Å².